The second kappa shape index (κ2) is 4.76. The lowest BCUT2D eigenvalue weighted by atomic mass is 10.3. The molecule has 0 radical (unpaired) electrons. The van der Waals surface area contributed by atoms with Crippen LogP contribution in [0.2, 0.25) is 5.15 Å². The molecule has 1 heterocycles. The van der Waals surface area contributed by atoms with Gasteiger partial charge in [0.2, 0.25) is 0 Å². The van der Waals surface area contributed by atoms with Crippen molar-refractivity contribution in [1.29, 1.82) is 0 Å². The molecule has 13 heavy (non-hydrogen) atoms. The van der Waals surface area contributed by atoms with Gasteiger partial charge in [-0.1, -0.05) is 11.6 Å². The first-order chi connectivity index (χ1) is 6.15. The van der Waals surface area contributed by atoms with Gasteiger partial charge < -0.3 is 4.74 Å². The molecule has 1 aromatic rings. The Labute approximate surface area is 94.6 Å². The first kappa shape index (κ1) is 10.7. The molecule has 0 saturated heterocycles. The molecule has 0 aromatic carbocycles. The molecule has 0 N–H and O–H groups in total. The summed E-state index contributed by atoms with van der Waals surface area (Å²) in [5, 5.41) is 0.431. The molecule has 0 spiro atoms. The number of pyridine rings is 1. The van der Waals surface area contributed by atoms with Crippen molar-refractivity contribution >= 4 is 40.5 Å². The highest BCUT2D eigenvalue weighted by Gasteiger charge is 2.07. The molecule has 5 heteroatoms. The molecule has 0 atom stereocenters. The third-order valence-corrected chi connectivity index (χ3v) is 2.36. The molecule has 0 saturated carbocycles. The van der Waals surface area contributed by atoms with Crippen LogP contribution in [0, 0.1) is 10.5 Å². The van der Waals surface area contributed by atoms with Gasteiger partial charge in [-0.25, -0.2) is 4.98 Å². The summed E-state index contributed by atoms with van der Waals surface area (Å²) in [5.41, 5.74) is 0.693. The molecule has 0 aliphatic carbocycles. The molecule has 0 amide bonds. The van der Waals surface area contributed by atoms with Crippen LogP contribution in [0.5, 0.6) is 5.75 Å². The molecule has 0 bridgehead atoms. The van der Waals surface area contributed by atoms with E-state index in [0.29, 0.717) is 22.9 Å². The van der Waals surface area contributed by atoms with E-state index >= 15 is 0 Å². The fraction of sp³-hybridized carbons (Fsp3) is 0.250. The van der Waals surface area contributed by atoms with Crippen molar-refractivity contribution in [3.8, 4) is 5.75 Å². The largest absolute Gasteiger partial charge is 0.483 e. The molecule has 0 aliphatic rings. The van der Waals surface area contributed by atoms with Crippen molar-refractivity contribution < 1.29 is 9.53 Å². The molecule has 1 rings (SSSR count). The van der Waals surface area contributed by atoms with E-state index in [-0.39, 0.29) is 6.61 Å². The van der Waals surface area contributed by atoms with Crippen LogP contribution in [0.3, 0.4) is 0 Å². The fourth-order valence-electron chi connectivity index (χ4n) is 0.877. The van der Waals surface area contributed by atoms with Gasteiger partial charge in [0.15, 0.2) is 12.0 Å². The van der Waals surface area contributed by atoms with Gasteiger partial charge >= 0.3 is 0 Å². The number of nitrogens with zero attached hydrogens (tertiary/aromatic N) is 1. The monoisotopic (exact) mass is 311 g/mol. The van der Waals surface area contributed by atoms with E-state index in [2.05, 4.69) is 27.6 Å². The summed E-state index contributed by atoms with van der Waals surface area (Å²) in [5.74, 6) is 0.622. The summed E-state index contributed by atoms with van der Waals surface area (Å²) >= 11 is 7.80. The molecular weight excluding hydrogens is 304 g/mol. The summed E-state index contributed by atoms with van der Waals surface area (Å²) in [7, 11) is 0. The maximum Gasteiger partial charge on any atom is 0.157 e. The summed E-state index contributed by atoms with van der Waals surface area (Å²) in [6.45, 7) is 1.83. The van der Waals surface area contributed by atoms with Gasteiger partial charge in [-0.3, -0.25) is 4.79 Å². The predicted molar refractivity (Wildman–Crippen MR) is 58.3 cm³/mol. The summed E-state index contributed by atoms with van der Waals surface area (Å²) < 4.78 is 6.03. The minimum absolute atomic E-state index is 0.0418. The maximum absolute atomic E-state index is 10.1. The number of hydrogen-bond donors (Lipinski definition) is 0. The summed E-state index contributed by atoms with van der Waals surface area (Å²) in [6.07, 6.45) is 0.699. The van der Waals surface area contributed by atoms with Crippen LogP contribution in [-0.2, 0) is 4.79 Å². The second-order valence-corrected chi connectivity index (χ2v) is 3.87. The second-order valence-electron chi connectivity index (χ2n) is 2.32. The normalized spacial score (nSPS) is 9.77. The van der Waals surface area contributed by atoms with Gasteiger partial charge in [-0.05, 0) is 35.6 Å². The van der Waals surface area contributed by atoms with E-state index in [1.54, 1.807) is 13.0 Å². The number of ether oxygens (including phenoxy) is 1. The van der Waals surface area contributed by atoms with Crippen molar-refractivity contribution in [3.05, 3.63) is 20.5 Å². The minimum Gasteiger partial charge on any atom is -0.483 e. The van der Waals surface area contributed by atoms with Crippen LogP contribution in [0.4, 0.5) is 0 Å². The highest BCUT2D eigenvalue weighted by molar-refractivity contribution is 14.1. The molecule has 0 fully saturated rings. The highest BCUT2D eigenvalue weighted by atomic mass is 127. The SMILES string of the molecule is Cc1nc(Cl)cc(I)c1OCC=O. The quantitative estimate of drug-likeness (QED) is 0.488. The van der Waals surface area contributed by atoms with Gasteiger partial charge in [0.05, 0.1) is 9.26 Å². The fourth-order valence-corrected chi connectivity index (χ4v) is 2.14. The average molecular weight is 312 g/mol. The van der Waals surface area contributed by atoms with E-state index in [0.717, 1.165) is 3.57 Å². The Kier molecular flexibility index (Phi) is 3.92. The lowest BCUT2D eigenvalue weighted by Gasteiger charge is -2.07. The molecule has 0 unspecified atom stereocenters. The molecule has 3 nitrogen and oxygen atoms in total. The lowest BCUT2D eigenvalue weighted by Crippen LogP contribution is -2.02. The predicted octanol–water partition coefficient (Wildman–Crippen LogP) is 2.23. The lowest BCUT2D eigenvalue weighted by molar-refractivity contribution is -0.109. The Morgan fingerprint density at radius 1 is 1.77 bits per heavy atom. The minimum atomic E-state index is 0.0418. The summed E-state index contributed by atoms with van der Waals surface area (Å²) in [6, 6.07) is 1.69. The molecule has 1 aromatic heterocycles. The third kappa shape index (κ3) is 2.80. The van der Waals surface area contributed by atoms with Crippen LogP contribution in [0.15, 0.2) is 6.07 Å². The number of aldehydes is 1. The van der Waals surface area contributed by atoms with E-state index in [9.17, 15) is 4.79 Å². The Morgan fingerprint density at radius 3 is 3.00 bits per heavy atom. The van der Waals surface area contributed by atoms with E-state index in [4.69, 9.17) is 16.3 Å². The Balaban J connectivity index is 2.98. The number of aryl methyl sites for hydroxylation is 1. The smallest absolute Gasteiger partial charge is 0.157 e. The van der Waals surface area contributed by atoms with Crippen molar-refractivity contribution in [2.75, 3.05) is 6.61 Å². The number of carbonyl (C=O) groups is 1. The van der Waals surface area contributed by atoms with Gasteiger partial charge in [0.25, 0.3) is 0 Å². The standard InChI is InChI=1S/C8H7ClINO2/c1-5-8(13-3-2-12)6(10)4-7(9)11-5/h2,4H,3H2,1H3. The molecule has 0 aliphatic heterocycles. The van der Waals surface area contributed by atoms with E-state index in [1.807, 2.05) is 0 Å². The van der Waals surface area contributed by atoms with Crippen molar-refractivity contribution in [1.82, 2.24) is 4.98 Å². The Bertz CT molecular complexity index is 307. The van der Waals surface area contributed by atoms with Gasteiger partial charge in [-0.2, -0.15) is 0 Å². The number of halogens is 2. The van der Waals surface area contributed by atoms with Crippen molar-refractivity contribution in [3.63, 3.8) is 0 Å². The van der Waals surface area contributed by atoms with Crippen LogP contribution in [-0.4, -0.2) is 17.9 Å². The zero-order valence-corrected chi connectivity index (χ0v) is 9.79. The summed E-state index contributed by atoms with van der Waals surface area (Å²) in [4.78, 5) is 14.1. The zero-order valence-electron chi connectivity index (χ0n) is 6.88. The number of carbonyl (C=O) groups excluding carboxylic acids is 1. The first-order valence-electron chi connectivity index (χ1n) is 3.54. The number of hydrogen-bond acceptors (Lipinski definition) is 3. The number of aromatic nitrogens is 1. The molecule has 70 valence electrons. The van der Waals surface area contributed by atoms with Gasteiger partial charge in [0, 0.05) is 0 Å². The van der Waals surface area contributed by atoms with Crippen molar-refractivity contribution in [2.24, 2.45) is 0 Å². The average Bonchev–Trinajstić information content (AvgIpc) is 2.02. The zero-order chi connectivity index (χ0) is 9.84. The van der Waals surface area contributed by atoms with Gasteiger partial charge in [0.1, 0.15) is 11.8 Å². The highest BCUT2D eigenvalue weighted by Crippen LogP contribution is 2.26. The van der Waals surface area contributed by atoms with Crippen molar-refractivity contribution in [2.45, 2.75) is 6.92 Å². The Hall–Kier alpha value is -0.360. The topological polar surface area (TPSA) is 39.2 Å². The van der Waals surface area contributed by atoms with Crippen LogP contribution >= 0.6 is 34.2 Å². The van der Waals surface area contributed by atoms with Crippen LogP contribution in [0.1, 0.15) is 5.69 Å². The first-order valence-corrected chi connectivity index (χ1v) is 5.00. The maximum atomic E-state index is 10.1. The third-order valence-electron chi connectivity index (χ3n) is 1.36. The van der Waals surface area contributed by atoms with Crippen LogP contribution in [0.25, 0.3) is 0 Å². The van der Waals surface area contributed by atoms with E-state index < -0.39 is 0 Å². The number of rotatable bonds is 3. The molecular formula is C8H7ClINO2. The van der Waals surface area contributed by atoms with Crippen LogP contribution < -0.4 is 4.74 Å². The van der Waals surface area contributed by atoms with Gasteiger partial charge in [-0.15, -0.1) is 0 Å². The Morgan fingerprint density at radius 2 is 2.46 bits per heavy atom. The van der Waals surface area contributed by atoms with E-state index in [1.165, 1.54) is 0 Å².